The van der Waals surface area contributed by atoms with Crippen LogP contribution in [0.5, 0.6) is 0 Å². The van der Waals surface area contributed by atoms with Gasteiger partial charge in [0.25, 0.3) is 5.91 Å². The van der Waals surface area contributed by atoms with E-state index >= 15 is 0 Å². The molecule has 1 saturated carbocycles. The molecule has 0 atom stereocenters. The van der Waals surface area contributed by atoms with Crippen LogP contribution in [0.25, 0.3) is 0 Å². The lowest BCUT2D eigenvalue weighted by molar-refractivity contribution is 0.0724. The first-order valence-corrected chi connectivity index (χ1v) is 9.77. The van der Waals surface area contributed by atoms with E-state index in [0.29, 0.717) is 10.5 Å². The SMILES string of the molecule is O=C(c1ccc(S(=O)(=O)C2CCCC2)cc1)N1CCCCC1. The summed E-state index contributed by atoms with van der Waals surface area (Å²) in [5.41, 5.74) is 0.590. The molecule has 22 heavy (non-hydrogen) atoms. The highest BCUT2D eigenvalue weighted by Crippen LogP contribution is 2.29. The number of piperidine rings is 1. The van der Waals surface area contributed by atoms with Crippen LogP contribution in [0.3, 0.4) is 0 Å². The topological polar surface area (TPSA) is 54.5 Å². The number of rotatable bonds is 3. The molecule has 2 aliphatic rings. The third-order valence-electron chi connectivity index (χ3n) is 4.81. The molecular formula is C17H23NO3S. The van der Waals surface area contributed by atoms with E-state index in [2.05, 4.69) is 0 Å². The van der Waals surface area contributed by atoms with E-state index in [-0.39, 0.29) is 11.2 Å². The maximum atomic E-state index is 12.5. The maximum absolute atomic E-state index is 12.5. The Morgan fingerprint density at radius 3 is 2.09 bits per heavy atom. The van der Waals surface area contributed by atoms with Crippen LogP contribution in [0.2, 0.25) is 0 Å². The first-order valence-electron chi connectivity index (χ1n) is 8.22. The first-order chi connectivity index (χ1) is 10.6. The van der Waals surface area contributed by atoms with Crippen molar-refractivity contribution in [3.05, 3.63) is 29.8 Å². The molecule has 0 radical (unpaired) electrons. The van der Waals surface area contributed by atoms with E-state index in [0.717, 1.165) is 51.6 Å². The summed E-state index contributed by atoms with van der Waals surface area (Å²) in [7, 11) is -3.23. The monoisotopic (exact) mass is 321 g/mol. The number of carbonyl (C=O) groups excluding carboxylic acids is 1. The highest BCUT2D eigenvalue weighted by Gasteiger charge is 2.30. The minimum absolute atomic E-state index is 0.0181. The summed E-state index contributed by atoms with van der Waals surface area (Å²) in [4.78, 5) is 14.6. The Morgan fingerprint density at radius 1 is 0.909 bits per heavy atom. The van der Waals surface area contributed by atoms with Crippen LogP contribution in [-0.4, -0.2) is 37.6 Å². The molecule has 0 bridgehead atoms. The summed E-state index contributed by atoms with van der Waals surface area (Å²) >= 11 is 0. The lowest BCUT2D eigenvalue weighted by Crippen LogP contribution is -2.35. The number of hydrogen-bond donors (Lipinski definition) is 0. The third-order valence-corrected chi connectivity index (χ3v) is 7.09. The molecule has 1 amide bonds. The highest BCUT2D eigenvalue weighted by atomic mass is 32.2. The van der Waals surface area contributed by atoms with Gasteiger partial charge in [-0.25, -0.2) is 8.42 Å². The molecule has 1 aliphatic carbocycles. The van der Waals surface area contributed by atoms with E-state index in [1.165, 1.54) is 6.42 Å². The predicted molar refractivity (Wildman–Crippen MR) is 85.6 cm³/mol. The molecule has 0 aromatic heterocycles. The Hall–Kier alpha value is -1.36. The average Bonchev–Trinajstić information content (AvgIpc) is 3.10. The molecule has 0 spiro atoms. The van der Waals surface area contributed by atoms with Gasteiger partial charge in [0.15, 0.2) is 9.84 Å². The molecule has 1 aromatic carbocycles. The smallest absolute Gasteiger partial charge is 0.253 e. The minimum Gasteiger partial charge on any atom is -0.339 e. The second-order valence-corrected chi connectivity index (χ2v) is 8.56. The molecule has 1 aromatic rings. The van der Waals surface area contributed by atoms with Gasteiger partial charge >= 0.3 is 0 Å². The molecule has 1 aliphatic heterocycles. The van der Waals surface area contributed by atoms with Crippen molar-refractivity contribution in [2.24, 2.45) is 0 Å². The maximum Gasteiger partial charge on any atom is 0.253 e. The van der Waals surface area contributed by atoms with Crippen LogP contribution in [-0.2, 0) is 9.84 Å². The Labute approximate surface area is 132 Å². The van der Waals surface area contributed by atoms with Crippen molar-refractivity contribution < 1.29 is 13.2 Å². The summed E-state index contributed by atoms with van der Waals surface area (Å²) in [5, 5.41) is -0.240. The van der Waals surface area contributed by atoms with E-state index in [1.54, 1.807) is 24.3 Å². The first kappa shape index (κ1) is 15.5. The summed E-state index contributed by atoms with van der Waals surface area (Å²) in [5.74, 6) is 0.0181. The minimum atomic E-state index is -3.23. The summed E-state index contributed by atoms with van der Waals surface area (Å²) in [6.07, 6.45) is 6.81. The van der Waals surface area contributed by atoms with Crippen LogP contribution in [0, 0.1) is 0 Å². The van der Waals surface area contributed by atoms with Crippen molar-refractivity contribution in [1.82, 2.24) is 4.90 Å². The predicted octanol–water partition coefficient (Wildman–Crippen LogP) is 3.03. The van der Waals surface area contributed by atoms with Crippen molar-refractivity contribution in [2.45, 2.75) is 55.1 Å². The van der Waals surface area contributed by atoms with Gasteiger partial charge in [-0.2, -0.15) is 0 Å². The molecule has 0 N–H and O–H groups in total. The standard InChI is InChI=1S/C17H23NO3S/c19-17(18-12-4-1-5-13-18)14-8-10-16(11-9-14)22(20,21)15-6-2-3-7-15/h8-11,15H,1-7,12-13H2. The van der Waals surface area contributed by atoms with Crippen LogP contribution in [0.15, 0.2) is 29.2 Å². The van der Waals surface area contributed by atoms with E-state index < -0.39 is 9.84 Å². The van der Waals surface area contributed by atoms with Crippen LogP contribution >= 0.6 is 0 Å². The van der Waals surface area contributed by atoms with Crippen molar-refractivity contribution in [2.75, 3.05) is 13.1 Å². The van der Waals surface area contributed by atoms with E-state index in [4.69, 9.17) is 0 Å². The molecule has 120 valence electrons. The molecular weight excluding hydrogens is 298 g/mol. The second kappa shape index (κ2) is 6.41. The van der Waals surface area contributed by atoms with Crippen LogP contribution in [0.1, 0.15) is 55.3 Å². The number of sulfone groups is 1. The number of benzene rings is 1. The molecule has 4 nitrogen and oxygen atoms in total. The molecule has 0 unspecified atom stereocenters. The lowest BCUT2D eigenvalue weighted by atomic mass is 10.1. The van der Waals surface area contributed by atoms with Crippen molar-refractivity contribution in [3.63, 3.8) is 0 Å². The zero-order valence-electron chi connectivity index (χ0n) is 12.8. The van der Waals surface area contributed by atoms with Gasteiger partial charge in [0.05, 0.1) is 10.1 Å². The van der Waals surface area contributed by atoms with Crippen LogP contribution < -0.4 is 0 Å². The number of likely N-dealkylation sites (tertiary alicyclic amines) is 1. The van der Waals surface area contributed by atoms with E-state index in [9.17, 15) is 13.2 Å². The quantitative estimate of drug-likeness (QED) is 0.860. The number of carbonyl (C=O) groups is 1. The van der Waals surface area contributed by atoms with Gasteiger partial charge in [0, 0.05) is 18.7 Å². The lowest BCUT2D eigenvalue weighted by Gasteiger charge is -2.26. The van der Waals surface area contributed by atoms with Gasteiger partial charge < -0.3 is 4.90 Å². The Balaban J connectivity index is 1.76. The molecule has 1 saturated heterocycles. The number of nitrogens with zero attached hydrogens (tertiary/aromatic N) is 1. The summed E-state index contributed by atoms with van der Waals surface area (Å²) in [6.45, 7) is 1.61. The Bertz CT molecular complexity index is 624. The fourth-order valence-electron chi connectivity index (χ4n) is 3.46. The van der Waals surface area contributed by atoms with Gasteiger partial charge in [-0.3, -0.25) is 4.79 Å². The zero-order chi connectivity index (χ0) is 15.6. The van der Waals surface area contributed by atoms with Crippen LogP contribution in [0.4, 0.5) is 0 Å². The number of hydrogen-bond acceptors (Lipinski definition) is 3. The third kappa shape index (κ3) is 3.05. The fraction of sp³-hybridized carbons (Fsp3) is 0.588. The Kier molecular flexibility index (Phi) is 4.52. The van der Waals surface area contributed by atoms with Gasteiger partial charge in [-0.15, -0.1) is 0 Å². The second-order valence-electron chi connectivity index (χ2n) is 6.33. The van der Waals surface area contributed by atoms with Gasteiger partial charge in [0.1, 0.15) is 0 Å². The fourth-order valence-corrected chi connectivity index (χ4v) is 5.31. The molecule has 2 fully saturated rings. The molecule has 3 rings (SSSR count). The average molecular weight is 321 g/mol. The number of amides is 1. The van der Waals surface area contributed by atoms with Gasteiger partial charge in [-0.05, 0) is 56.4 Å². The van der Waals surface area contributed by atoms with Gasteiger partial charge in [0.2, 0.25) is 0 Å². The summed E-state index contributed by atoms with van der Waals surface area (Å²) < 4.78 is 25.0. The largest absolute Gasteiger partial charge is 0.339 e. The van der Waals surface area contributed by atoms with Gasteiger partial charge in [-0.1, -0.05) is 12.8 Å². The molecule has 5 heteroatoms. The van der Waals surface area contributed by atoms with E-state index in [1.807, 2.05) is 4.90 Å². The molecule has 1 heterocycles. The van der Waals surface area contributed by atoms with Crippen molar-refractivity contribution in [3.8, 4) is 0 Å². The summed E-state index contributed by atoms with van der Waals surface area (Å²) in [6, 6.07) is 6.53. The zero-order valence-corrected chi connectivity index (χ0v) is 13.6. The van der Waals surface area contributed by atoms with Crippen molar-refractivity contribution in [1.29, 1.82) is 0 Å². The Morgan fingerprint density at radius 2 is 1.50 bits per heavy atom. The van der Waals surface area contributed by atoms with Crippen molar-refractivity contribution >= 4 is 15.7 Å². The normalized spacial score (nSPS) is 20.3. The highest BCUT2D eigenvalue weighted by molar-refractivity contribution is 7.92.